The van der Waals surface area contributed by atoms with E-state index in [-0.39, 0.29) is 5.91 Å². The molecule has 0 saturated carbocycles. The van der Waals surface area contributed by atoms with Crippen molar-refractivity contribution in [3.63, 3.8) is 0 Å². The molecule has 0 aromatic heterocycles. The first-order chi connectivity index (χ1) is 9.32. The predicted octanol–water partition coefficient (Wildman–Crippen LogP) is 3.61. The highest BCUT2D eigenvalue weighted by atomic mass is 79.9. The number of rotatable bonds is 6. The quantitative estimate of drug-likeness (QED) is 0.857. The molecule has 0 bridgehead atoms. The third-order valence-electron chi connectivity index (χ3n) is 3.35. The molecular formula is C16H25BrN2O. The van der Waals surface area contributed by atoms with Crippen molar-refractivity contribution < 1.29 is 4.79 Å². The number of hydrogen-bond donors (Lipinski definition) is 1. The van der Waals surface area contributed by atoms with Crippen LogP contribution in [0.15, 0.2) is 22.7 Å². The highest BCUT2D eigenvalue weighted by molar-refractivity contribution is 9.10. The molecule has 0 unspecified atom stereocenters. The van der Waals surface area contributed by atoms with Gasteiger partial charge in [0.1, 0.15) is 0 Å². The third-order valence-corrected chi connectivity index (χ3v) is 4.01. The summed E-state index contributed by atoms with van der Waals surface area (Å²) in [4.78, 5) is 14.5. The molecule has 4 heteroatoms. The summed E-state index contributed by atoms with van der Waals surface area (Å²) in [5.41, 5.74) is 1.83. The maximum Gasteiger partial charge on any atom is 0.252 e. The second kappa shape index (κ2) is 7.79. The zero-order chi connectivity index (χ0) is 15.3. The Morgan fingerprint density at radius 1 is 1.25 bits per heavy atom. The van der Waals surface area contributed by atoms with Crippen LogP contribution in [0.2, 0.25) is 0 Å². The molecule has 0 saturated heterocycles. The van der Waals surface area contributed by atoms with E-state index >= 15 is 0 Å². The lowest BCUT2D eigenvalue weighted by Gasteiger charge is -2.30. The van der Waals surface area contributed by atoms with Crippen molar-refractivity contribution in [2.45, 2.75) is 46.7 Å². The Balaban J connectivity index is 2.55. The van der Waals surface area contributed by atoms with Gasteiger partial charge >= 0.3 is 0 Å². The van der Waals surface area contributed by atoms with Gasteiger partial charge in [-0.25, -0.2) is 0 Å². The van der Waals surface area contributed by atoms with Gasteiger partial charge in [0.05, 0.1) is 5.56 Å². The molecule has 112 valence electrons. The minimum Gasteiger partial charge on any atom is -0.351 e. The van der Waals surface area contributed by atoms with E-state index in [9.17, 15) is 4.79 Å². The summed E-state index contributed by atoms with van der Waals surface area (Å²) in [7, 11) is 0. The molecule has 3 nitrogen and oxygen atoms in total. The summed E-state index contributed by atoms with van der Waals surface area (Å²) in [5, 5.41) is 2.99. The molecular weight excluding hydrogens is 316 g/mol. The number of carbonyl (C=O) groups excluding carboxylic acids is 1. The van der Waals surface area contributed by atoms with E-state index in [1.807, 2.05) is 25.1 Å². The molecule has 20 heavy (non-hydrogen) atoms. The van der Waals surface area contributed by atoms with Gasteiger partial charge in [-0.2, -0.15) is 0 Å². The molecule has 0 atom stereocenters. The minimum atomic E-state index is -0.0238. The van der Waals surface area contributed by atoms with Crippen LogP contribution >= 0.6 is 15.9 Å². The number of amides is 1. The van der Waals surface area contributed by atoms with Crippen molar-refractivity contribution >= 4 is 21.8 Å². The number of carbonyl (C=O) groups is 1. The molecule has 1 rings (SSSR count). The molecule has 0 aliphatic heterocycles. The molecule has 1 N–H and O–H groups in total. The first-order valence-corrected chi connectivity index (χ1v) is 7.92. The lowest BCUT2D eigenvalue weighted by molar-refractivity contribution is 0.0938. The van der Waals surface area contributed by atoms with Crippen LogP contribution < -0.4 is 5.32 Å². The van der Waals surface area contributed by atoms with Gasteiger partial charge in [0.15, 0.2) is 0 Å². The number of nitrogens with zero attached hydrogens (tertiary/aromatic N) is 1. The molecule has 1 aromatic rings. The van der Waals surface area contributed by atoms with E-state index in [2.05, 4.69) is 53.8 Å². The van der Waals surface area contributed by atoms with Crippen LogP contribution in [0.4, 0.5) is 0 Å². The van der Waals surface area contributed by atoms with Gasteiger partial charge in [-0.3, -0.25) is 9.69 Å². The Bertz CT molecular complexity index is 450. The van der Waals surface area contributed by atoms with E-state index in [1.165, 1.54) is 0 Å². The van der Waals surface area contributed by atoms with Gasteiger partial charge in [-0.05, 0) is 68.2 Å². The number of nitrogens with one attached hydrogen (secondary N) is 1. The van der Waals surface area contributed by atoms with Crippen molar-refractivity contribution in [1.82, 2.24) is 10.2 Å². The highest BCUT2D eigenvalue weighted by Crippen LogP contribution is 2.18. The molecule has 0 spiro atoms. The van der Waals surface area contributed by atoms with E-state index in [0.29, 0.717) is 24.2 Å². The van der Waals surface area contributed by atoms with Crippen molar-refractivity contribution in [3.8, 4) is 0 Å². The van der Waals surface area contributed by atoms with Crippen molar-refractivity contribution in [2.75, 3.05) is 13.1 Å². The Kier molecular flexibility index (Phi) is 6.69. The summed E-state index contributed by atoms with van der Waals surface area (Å²) in [6.45, 7) is 12.3. The smallest absolute Gasteiger partial charge is 0.252 e. The van der Waals surface area contributed by atoms with Crippen LogP contribution in [0.5, 0.6) is 0 Å². The van der Waals surface area contributed by atoms with Crippen LogP contribution in [-0.4, -0.2) is 36.0 Å². The fraction of sp³-hybridized carbons (Fsp3) is 0.562. The fourth-order valence-corrected chi connectivity index (χ4v) is 2.98. The summed E-state index contributed by atoms with van der Waals surface area (Å²) in [5.74, 6) is -0.0238. The lowest BCUT2D eigenvalue weighted by Crippen LogP contribution is -2.42. The number of aryl methyl sites for hydroxylation is 1. The topological polar surface area (TPSA) is 32.3 Å². The molecule has 0 radical (unpaired) electrons. The van der Waals surface area contributed by atoms with E-state index in [4.69, 9.17) is 0 Å². The average Bonchev–Trinajstić information content (AvgIpc) is 2.33. The van der Waals surface area contributed by atoms with Gasteiger partial charge in [-0.1, -0.05) is 6.07 Å². The number of halogens is 1. The summed E-state index contributed by atoms with van der Waals surface area (Å²) < 4.78 is 0.847. The average molecular weight is 341 g/mol. The Labute approximate surface area is 130 Å². The molecule has 1 aromatic carbocycles. The van der Waals surface area contributed by atoms with Gasteiger partial charge < -0.3 is 5.32 Å². The molecule has 1 amide bonds. The minimum absolute atomic E-state index is 0.0238. The van der Waals surface area contributed by atoms with Gasteiger partial charge in [0.2, 0.25) is 0 Å². The lowest BCUT2D eigenvalue weighted by atomic mass is 10.1. The van der Waals surface area contributed by atoms with Gasteiger partial charge in [-0.15, -0.1) is 0 Å². The first-order valence-electron chi connectivity index (χ1n) is 7.13. The highest BCUT2D eigenvalue weighted by Gasteiger charge is 2.14. The predicted molar refractivity (Wildman–Crippen MR) is 88.2 cm³/mol. The first kappa shape index (κ1) is 17.2. The molecule has 0 fully saturated rings. The van der Waals surface area contributed by atoms with Crippen LogP contribution in [0, 0.1) is 6.92 Å². The monoisotopic (exact) mass is 340 g/mol. The zero-order valence-electron chi connectivity index (χ0n) is 13.0. The Morgan fingerprint density at radius 2 is 1.85 bits per heavy atom. The second-order valence-electron chi connectivity index (χ2n) is 5.66. The van der Waals surface area contributed by atoms with Crippen LogP contribution in [0.1, 0.15) is 43.6 Å². The van der Waals surface area contributed by atoms with Crippen molar-refractivity contribution in [2.24, 2.45) is 0 Å². The standard InChI is InChI=1S/C16H25BrN2O/c1-11(2)19(12(3)4)9-8-18-16(20)14-7-6-13(5)10-15(14)17/h6-7,10-12H,8-9H2,1-5H3,(H,18,20). The van der Waals surface area contributed by atoms with Crippen LogP contribution in [0.25, 0.3) is 0 Å². The van der Waals surface area contributed by atoms with Gasteiger partial charge in [0, 0.05) is 29.6 Å². The van der Waals surface area contributed by atoms with Gasteiger partial charge in [0.25, 0.3) is 5.91 Å². The normalized spacial score (nSPS) is 11.4. The molecule has 0 heterocycles. The summed E-state index contributed by atoms with van der Waals surface area (Å²) in [6, 6.07) is 6.74. The molecule has 0 aliphatic rings. The molecule has 0 aliphatic carbocycles. The fourth-order valence-electron chi connectivity index (χ4n) is 2.31. The van der Waals surface area contributed by atoms with Crippen molar-refractivity contribution in [1.29, 1.82) is 0 Å². The maximum atomic E-state index is 12.1. The maximum absolute atomic E-state index is 12.1. The largest absolute Gasteiger partial charge is 0.351 e. The Morgan fingerprint density at radius 3 is 2.35 bits per heavy atom. The summed E-state index contributed by atoms with van der Waals surface area (Å²) >= 11 is 3.44. The van der Waals surface area contributed by atoms with E-state index < -0.39 is 0 Å². The van der Waals surface area contributed by atoms with E-state index in [1.54, 1.807) is 0 Å². The van der Waals surface area contributed by atoms with E-state index in [0.717, 1.165) is 16.6 Å². The summed E-state index contributed by atoms with van der Waals surface area (Å²) in [6.07, 6.45) is 0. The SMILES string of the molecule is Cc1ccc(C(=O)NCCN(C(C)C)C(C)C)c(Br)c1. The van der Waals surface area contributed by atoms with Crippen LogP contribution in [-0.2, 0) is 0 Å². The Hall–Kier alpha value is -0.870. The zero-order valence-corrected chi connectivity index (χ0v) is 14.6. The van der Waals surface area contributed by atoms with Crippen LogP contribution in [0.3, 0.4) is 0 Å². The number of benzene rings is 1. The third kappa shape index (κ3) is 4.91. The second-order valence-corrected chi connectivity index (χ2v) is 6.52. The number of hydrogen-bond acceptors (Lipinski definition) is 2. The van der Waals surface area contributed by atoms with Crippen molar-refractivity contribution in [3.05, 3.63) is 33.8 Å².